The molecule has 1 amide bonds. The van der Waals surface area contributed by atoms with Crippen molar-refractivity contribution >= 4 is 49.0 Å². The highest BCUT2D eigenvalue weighted by molar-refractivity contribution is 9.10. The van der Waals surface area contributed by atoms with E-state index in [9.17, 15) is 18.3 Å². The Morgan fingerprint density at radius 1 is 1.27 bits per heavy atom. The fraction of sp³-hybridized carbons (Fsp3) is 0.158. The van der Waals surface area contributed by atoms with Crippen molar-refractivity contribution in [1.29, 1.82) is 0 Å². The van der Waals surface area contributed by atoms with Crippen LogP contribution in [0.3, 0.4) is 0 Å². The monoisotopic (exact) mass is 513 g/mol. The second-order valence-corrected chi connectivity index (χ2v) is 9.69. The molecule has 158 valence electrons. The number of nitrogens with one attached hydrogen (secondary N) is 1. The number of carbonyl (C=O) groups excluding carboxylic acids is 1. The molecule has 0 spiro atoms. The summed E-state index contributed by atoms with van der Waals surface area (Å²) in [5.41, 5.74) is 0.0438. The van der Waals surface area contributed by atoms with Gasteiger partial charge in [0.05, 0.1) is 20.8 Å². The van der Waals surface area contributed by atoms with Gasteiger partial charge in [0.1, 0.15) is 11.5 Å². The van der Waals surface area contributed by atoms with Crippen molar-refractivity contribution in [2.24, 2.45) is 0 Å². The van der Waals surface area contributed by atoms with Gasteiger partial charge in [-0.25, -0.2) is 13.1 Å². The zero-order chi connectivity index (χ0) is 21.9. The molecule has 0 bridgehead atoms. The molecule has 30 heavy (non-hydrogen) atoms. The maximum absolute atomic E-state index is 12.5. The summed E-state index contributed by atoms with van der Waals surface area (Å²) in [4.78, 5) is 12.5. The summed E-state index contributed by atoms with van der Waals surface area (Å²) < 4.78 is 31.8. The third-order valence-corrected chi connectivity index (χ3v) is 6.66. The number of rotatable bonds is 7. The van der Waals surface area contributed by atoms with Gasteiger partial charge in [0.25, 0.3) is 5.91 Å². The number of benzene rings is 2. The van der Waals surface area contributed by atoms with E-state index in [-0.39, 0.29) is 34.5 Å². The van der Waals surface area contributed by atoms with Gasteiger partial charge >= 0.3 is 0 Å². The Morgan fingerprint density at radius 3 is 2.73 bits per heavy atom. The molecule has 2 aromatic carbocycles. The summed E-state index contributed by atoms with van der Waals surface area (Å²) in [6.45, 7) is 1.56. The molecule has 8 nitrogen and oxygen atoms in total. The van der Waals surface area contributed by atoms with Gasteiger partial charge in [0, 0.05) is 11.2 Å². The molecule has 0 aliphatic heterocycles. The number of amides is 1. The van der Waals surface area contributed by atoms with Crippen LogP contribution >= 0.6 is 27.5 Å². The van der Waals surface area contributed by atoms with Crippen LogP contribution in [0.5, 0.6) is 11.5 Å². The zero-order valence-electron chi connectivity index (χ0n) is 15.7. The fourth-order valence-electron chi connectivity index (χ4n) is 2.44. The van der Waals surface area contributed by atoms with Gasteiger partial charge < -0.3 is 15.2 Å². The summed E-state index contributed by atoms with van der Waals surface area (Å²) in [6.07, 6.45) is 1.55. The lowest BCUT2D eigenvalue weighted by Gasteiger charge is -2.09. The number of anilines is 1. The Bertz CT molecular complexity index is 1200. The molecule has 0 radical (unpaired) electrons. The topological polar surface area (TPSA) is 111 Å². The van der Waals surface area contributed by atoms with Crippen LogP contribution in [0.25, 0.3) is 0 Å². The SMILES string of the molecule is CCS(=O)(=O)c1ccc(O)c(NC(=O)c2ccn(COc3ccc(Cl)cc3Br)n2)c1. The number of aromatic nitrogens is 2. The molecule has 3 aromatic rings. The van der Waals surface area contributed by atoms with Gasteiger partial charge in [0.2, 0.25) is 0 Å². The van der Waals surface area contributed by atoms with E-state index in [0.717, 1.165) is 0 Å². The number of halogens is 2. The molecule has 2 N–H and O–H groups in total. The van der Waals surface area contributed by atoms with E-state index in [0.29, 0.717) is 15.2 Å². The van der Waals surface area contributed by atoms with Gasteiger partial charge in [-0.3, -0.25) is 4.79 Å². The normalized spacial score (nSPS) is 11.3. The van der Waals surface area contributed by atoms with Crippen molar-refractivity contribution in [2.75, 3.05) is 11.1 Å². The van der Waals surface area contributed by atoms with Crippen LogP contribution in [0.2, 0.25) is 5.02 Å². The van der Waals surface area contributed by atoms with Crippen LogP contribution < -0.4 is 10.1 Å². The minimum Gasteiger partial charge on any atom is -0.506 e. The quantitative estimate of drug-likeness (QED) is 0.460. The minimum absolute atomic E-state index is 0.00516. The fourth-order valence-corrected chi connectivity index (χ4v) is 4.15. The predicted molar refractivity (Wildman–Crippen MR) is 116 cm³/mol. The largest absolute Gasteiger partial charge is 0.506 e. The first-order valence-electron chi connectivity index (χ1n) is 8.68. The molecule has 0 aliphatic rings. The maximum atomic E-state index is 12.5. The van der Waals surface area contributed by atoms with Crippen molar-refractivity contribution in [1.82, 2.24) is 9.78 Å². The van der Waals surface area contributed by atoms with Gasteiger partial charge in [-0.05, 0) is 58.4 Å². The number of carbonyl (C=O) groups is 1. The second kappa shape index (κ2) is 9.07. The number of aromatic hydroxyl groups is 1. The van der Waals surface area contributed by atoms with Crippen molar-refractivity contribution in [3.63, 3.8) is 0 Å². The molecule has 3 rings (SSSR count). The number of phenols is 1. The van der Waals surface area contributed by atoms with Gasteiger partial charge in [-0.1, -0.05) is 18.5 Å². The molecule has 1 aromatic heterocycles. The van der Waals surface area contributed by atoms with E-state index < -0.39 is 15.7 Å². The first-order valence-corrected chi connectivity index (χ1v) is 11.5. The minimum atomic E-state index is -3.48. The molecule has 0 unspecified atom stereocenters. The number of nitrogens with zero attached hydrogens (tertiary/aromatic N) is 2. The van der Waals surface area contributed by atoms with Crippen LogP contribution in [-0.2, 0) is 16.6 Å². The number of hydrogen-bond donors (Lipinski definition) is 2. The molecule has 0 aliphatic carbocycles. The van der Waals surface area contributed by atoms with E-state index >= 15 is 0 Å². The van der Waals surface area contributed by atoms with E-state index in [1.54, 1.807) is 24.4 Å². The summed E-state index contributed by atoms with van der Waals surface area (Å²) >= 11 is 9.24. The van der Waals surface area contributed by atoms with Crippen molar-refractivity contribution < 1.29 is 23.1 Å². The lowest BCUT2D eigenvalue weighted by Crippen LogP contribution is -2.15. The molecule has 0 saturated heterocycles. The average molecular weight is 515 g/mol. The Kier molecular flexibility index (Phi) is 6.69. The third kappa shape index (κ3) is 5.13. The van der Waals surface area contributed by atoms with Crippen LogP contribution in [-0.4, -0.2) is 35.0 Å². The Balaban J connectivity index is 1.70. The molecule has 11 heteroatoms. The Morgan fingerprint density at radius 2 is 2.03 bits per heavy atom. The molecule has 0 saturated carbocycles. The Hall–Kier alpha value is -2.56. The molecular formula is C19H17BrClN3O5S. The van der Waals surface area contributed by atoms with Crippen LogP contribution in [0, 0.1) is 0 Å². The van der Waals surface area contributed by atoms with Gasteiger partial charge in [0.15, 0.2) is 22.3 Å². The van der Waals surface area contributed by atoms with Crippen LogP contribution in [0.1, 0.15) is 17.4 Å². The first kappa shape index (κ1) is 22.1. The van der Waals surface area contributed by atoms with Crippen LogP contribution in [0.15, 0.2) is 58.0 Å². The van der Waals surface area contributed by atoms with E-state index in [1.807, 2.05) is 0 Å². The van der Waals surface area contributed by atoms with E-state index in [2.05, 4.69) is 26.3 Å². The van der Waals surface area contributed by atoms with Crippen LogP contribution in [0.4, 0.5) is 5.69 Å². The average Bonchev–Trinajstić information content (AvgIpc) is 3.18. The highest BCUT2D eigenvalue weighted by Crippen LogP contribution is 2.29. The number of hydrogen-bond acceptors (Lipinski definition) is 6. The number of sulfone groups is 1. The lowest BCUT2D eigenvalue weighted by atomic mass is 10.3. The summed E-state index contributed by atoms with van der Waals surface area (Å²) in [5.74, 6) is -0.407. The second-order valence-electron chi connectivity index (χ2n) is 6.13. The number of ether oxygens (including phenoxy) is 1. The molecule has 0 fully saturated rings. The first-order chi connectivity index (χ1) is 14.2. The van der Waals surface area contributed by atoms with Gasteiger partial charge in [-0.15, -0.1) is 0 Å². The smallest absolute Gasteiger partial charge is 0.276 e. The molecule has 0 atom stereocenters. The summed E-state index contributed by atoms with van der Waals surface area (Å²) in [7, 11) is -3.48. The third-order valence-electron chi connectivity index (χ3n) is 4.07. The highest BCUT2D eigenvalue weighted by Gasteiger charge is 2.17. The van der Waals surface area contributed by atoms with Crippen molar-refractivity contribution in [2.45, 2.75) is 18.6 Å². The Labute approximate surface area is 186 Å². The molecule has 1 heterocycles. The van der Waals surface area contributed by atoms with Crippen molar-refractivity contribution in [3.05, 3.63) is 63.9 Å². The highest BCUT2D eigenvalue weighted by atomic mass is 79.9. The van der Waals surface area contributed by atoms with E-state index in [1.165, 1.54) is 35.9 Å². The lowest BCUT2D eigenvalue weighted by molar-refractivity contribution is 0.101. The van der Waals surface area contributed by atoms with Gasteiger partial charge in [-0.2, -0.15) is 5.10 Å². The predicted octanol–water partition coefficient (Wildman–Crippen LogP) is 4.09. The zero-order valence-corrected chi connectivity index (χ0v) is 18.8. The van der Waals surface area contributed by atoms with Crippen molar-refractivity contribution in [3.8, 4) is 11.5 Å². The summed E-state index contributed by atoms with van der Waals surface area (Å²) in [6, 6.07) is 10.3. The number of phenolic OH excluding ortho intramolecular Hbond substituents is 1. The maximum Gasteiger partial charge on any atom is 0.276 e. The standard InChI is InChI=1S/C19H17BrClN3O5S/c1-2-30(27,28)13-4-5-17(25)16(10-13)22-19(26)15-7-8-24(23-15)11-29-18-6-3-12(21)9-14(18)20/h3-10,25H,2,11H2,1H3,(H,22,26). The van der Waals surface area contributed by atoms with E-state index in [4.69, 9.17) is 16.3 Å². The summed E-state index contributed by atoms with van der Waals surface area (Å²) in [5, 5.41) is 17.1. The molecular weight excluding hydrogens is 498 g/mol.